The van der Waals surface area contributed by atoms with Gasteiger partial charge in [-0.25, -0.2) is 19.6 Å². The van der Waals surface area contributed by atoms with E-state index in [-0.39, 0.29) is 0 Å². The van der Waals surface area contributed by atoms with Gasteiger partial charge in [-0.05, 0) is 38.8 Å². The maximum Gasteiger partial charge on any atom is 0.164 e. The summed E-state index contributed by atoms with van der Waals surface area (Å²) in [7, 11) is 0. The molecule has 0 bridgehead atoms. The number of benzene rings is 1. The van der Waals surface area contributed by atoms with Gasteiger partial charge in [0.1, 0.15) is 22.8 Å². The Labute approximate surface area is 179 Å². The topological polar surface area (TPSA) is 82.0 Å². The van der Waals surface area contributed by atoms with E-state index < -0.39 is 0 Å². The van der Waals surface area contributed by atoms with E-state index in [4.69, 9.17) is 15.8 Å². The highest BCUT2D eigenvalue weighted by atomic mass is 32.1. The van der Waals surface area contributed by atoms with Crippen molar-refractivity contribution in [2.75, 3.05) is 5.73 Å². The van der Waals surface area contributed by atoms with Crippen LogP contribution in [0.4, 0.5) is 10.8 Å². The lowest BCUT2D eigenvalue weighted by atomic mass is 10.1. The maximum absolute atomic E-state index is 6.19. The second-order valence-electron chi connectivity index (χ2n) is 7.42. The summed E-state index contributed by atoms with van der Waals surface area (Å²) in [6.45, 7) is 12.9. The molecule has 7 heteroatoms. The van der Waals surface area contributed by atoms with E-state index in [9.17, 15) is 0 Å². The summed E-state index contributed by atoms with van der Waals surface area (Å²) in [5.41, 5.74) is 13.0. The summed E-state index contributed by atoms with van der Waals surface area (Å²) >= 11 is 1.69. The lowest BCUT2D eigenvalue weighted by Gasteiger charge is -2.05. The molecule has 1 aromatic carbocycles. The number of rotatable bonds is 5. The number of thiophene rings is 1. The molecule has 0 saturated carbocycles. The van der Waals surface area contributed by atoms with Gasteiger partial charge in [0.05, 0.1) is 11.9 Å². The Hall–Kier alpha value is -3.32. The highest BCUT2D eigenvalue weighted by molar-refractivity contribution is 7.16. The third-order valence-electron chi connectivity index (χ3n) is 5.07. The van der Waals surface area contributed by atoms with Gasteiger partial charge in [0, 0.05) is 21.7 Å². The van der Waals surface area contributed by atoms with Crippen LogP contribution in [0.1, 0.15) is 29.9 Å². The maximum atomic E-state index is 6.19. The summed E-state index contributed by atoms with van der Waals surface area (Å²) in [6.07, 6.45) is 1.47. The van der Waals surface area contributed by atoms with Crippen molar-refractivity contribution in [2.24, 2.45) is 4.99 Å². The van der Waals surface area contributed by atoms with E-state index in [1.165, 1.54) is 16.8 Å². The molecule has 6 nitrogen and oxygen atoms in total. The Bertz CT molecular complexity index is 1280. The number of aliphatic imine (C=N–C) groups is 1. The molecule has 0 aliphatic rings. The monoisotopic (exact) mass is 416 g/mol. The molecule has 0 fully saturated rings. The van der Waals surface area contributed by atoms with Gasteiger partial charge in [-0.3, -0.25) is 0 Å². The molecule has 2 N–H and O–H groups in total. The molecule has 0 unspecified atom stereocenters. The number of nitrogens with zero attached hydrogens (tertiary/aromatic N) is 5. The smallest absolute Gasteiger partial charge is 0.164 e. The minimum absolute atomic E-state index is 0.425. The van der Waals surface area contributed by atoms with Gasteiger partial charge in [0.15, 0.2) is 5.65 Å². The minimum Gasteiger partial charge on any atom is -0.383 e. The van der Waals surface area contributed by atoms with Crippen molar-refractivity contribution < 1.29 is 0 Å². The van der Waals surface area contributed by atoms with Crippen LogP contribution < -0.4 is 5.73 Å². The lowest BCUT2D eigenvalue weighted by Crippen LogP contribution is -2.09. The van der Waals surface area contributed by atoms with Crippen LogP contribution in [0, 0.1) is 13.8 Å². The molecular formula is C23H24N6S. The zero-order valence-electron chi connectivity index (χ0n) is 17.6. The third-order valence-corrected chi connectivity index (χ3v) is 6.17. The van der Waals surface area contributed by atoms with Gasteiger partial charge in [-0.1, -0.05) is 36.9 Å². The standard InChI is InChI=1S/C23H24N6S/c1-13(2)18-15(4)16(5)30-23(18)27-14(3)11-29-22-19(21(24)25-12-26-22)20(28-29)17-9-7-6-8-10-17/h6-10,12H,1,11H2,2-5H3,(H2,24,25,26). The number of aromatic nitrogens is 4. The van der Waals surface area contributed by atoms with E-state index in [0.29, 0.717) is 18.0 Å². The zero-order chi connectivity index (χ0) is 21.4. The quantitative estimate of drug-likeness (QED) is 0.431. The first kappa shape index (κ1) is 20.0. The molecule has 0 radical (unpaired) electrons. The van der Waals surface area contributed by atoms with Crippen molar-refractivity contribution in [3.63, 3.8) is 0 Å². The molecule has 0 atom stereocenters. The number of anilines is 1. The van der Waals surface area contributed by atoms with Crippen LogP contribution in [0.15, 0.2) is 48.2 Å². The van der Waals surface area contributed by atoms with Crippen molar-refractivity contribution in [3.05, 3.63) is 59.2 Å². The summed E-state index contributed by atoms with van der Waals surface area (Å²) in [4.78, 5) is 14.8. The molecule has 0 amide bonds. The van der Waals surface area contributed by atoms with Crippen molar-refractivity contribution in [1.29, 1.82) is 0 Å². The molecule has 0 aliphatic carbocycles. The van der Waals surface area contributed by atoms with Crippen LogP contribution in [-0.2, 0) is 6.54 Å². The molecule has 0 aliphatic heterocycles. The molecule has 30 heavy (non-hydrogen) atoms. The molecule has 3 heterocycles. The van der Waals surface area contributed by atoms with E-state index in [2.05, 4.69) is 30.4 Å². The highest BCUT2D eigenvalue weighted by Crippen LogP contribution is 2.39. The Morgan fingerprint density at radius 2 is 1.90 bits per heavy atom. The average Bonchev–Trinajstić information content (AvgIpc) is 3.21. The van der Waals surface area contributed by atoms with Gasteiger partial charge in [-0.15, -0.1) is 11.3 Å². The van der Waals surface area contributed by atoms with Crippen molar-refractivity contribution in [2.45, 2.75) is 34.2 Å². The fourth-order valence-electron chi connectivity index (χ4n) is 3.55. The molecule has 0 spiro atoms. The van der Waals surface area contributed by atoms with E-state index in [1.54, 1.807) is 11.3 Å². The summed E-state index contributed by atoms with van der Waals surface area (Å²) in [5, 5.41) is 6.58. The second kappa shape index (κ2) is 7.84. The molecule has 152 valence electrons. The van der Waals surface area contributed by atoms with Crippen molar-refractivity contribution >= 4 is 44.5 Å². The van der Waals surface area contributed by atoms with E-state index in [0.717, 1.165) is 38.5 Å². The van der Waals surface area contributed by atoms with Crippen LogP contribution in [0.5, 0.6) is 0 Å². The first-order valence-electron chi connectivity index (χ1n) is 9.69. The number of hydrogen-bond acceptors (Lipinski definition) is 6. The molecule has 4 rings (SSSR count). The molecule has 0 saturated heterocycles. The largest absolute Gasteiger partial charge is 0.383 e. The number of aryl methyl sites for hydroxylation is 1. The Morgan fingerprint density at radius 3 is 2.60 bits per heavy atom. The van der Waals surface area contributed by atoms with Crippen LogP contribution in [0.25, 0.3) is 27.9 Å². The number of fused-ring (bicyclic) bond motifs is 1. The molecular weight excluding hydrogens is 392 g/mol. The first-order chi connectivity index (χ1) is 14.4. The SMILES string of the molecule is C=C(C)c1c(N=C(C)Cn2nc(-c3ccccc3)c3c(N)ncnc32)sc(C)c1C. The van der Waals surface area contributed by atoms with Crippen LogP contribution in [0.2, 0.25) is 0 Å². The lowest BCUT2D eigenvalue weighted by molar-refractivity contribution is 0.742. The minimum atomic E-state index is 0.425. The Balaban J connectivity index is 1.79. The Kier molecular flexibility index (Phi) is 5.22. The zero-order valence-corrected chi connectivity index (χ0v) is 18.4. The summed E-state index contributed by atoms with van der Waals surface area (Å²) in [5.74, 6) is 0.425. The number of nitrogens with two attached hydrogens (primary N) is 1. The number of nitrogen functional groups attached to an aromatic ring is 1. The van der Waals surface area contributed by atoms with Gasteiger partial charge in [-0.2, -0.15) is 5.10 Å². The number of hydrogen-bond donors (Lipinski definition) is 1. The van der Waals surface area contributed by atoms with Gasteiger partial charge in [0.2, 0.25) is 0 Å². The molecule has 4 aromatic rings. The highest BCUT2D eigenvalue weighted by Gasteiger charge is 2.18. The van der Waals surface area contributed by atoms with Crippen molar-refractivity contribution in [3.8, 4) is 11.3 Å². The predicted molar refractivity (Wildman–Crippen MR) is 126 cm³/mol. The van der Waals surface area contributed by atoms with Crippen LogP contribution >= 0.6 is 11.3 Å². The van der Waals surface area contributed by atoms with Gasteiger partial charge >= 0.3 is 0 Å². The normalized spacial score (nSPS) is 11.9. The summed E-state index contributed by atoms with van der Waals surface area (Å²) < 4.78 is 1.85. The predicted octanol–water partition coefficient (Wildman–Crippen LogP) is 5.58. The second-order valence-corrected chi connectivity index (χ2v) is 8.62. The fourth-order valence-corrected chi connectivity index (χ4v) is 4.73. The first-order valence-corrected chi connectivity index (χ1v) is 10.5. The van der Waals surface area contributed by atoms with Gasteiger partial charge < -0.3 is 5.73 Å². The average molecular weight is 417 g/mol. The van der Waals surface area contributed by atoms with Crippen molar-refractivity contribution in [1.82, 2.24) is 19.7 Å². The Morgan fingerprint density at radius 1 is 1.17 bits per heavy atom. The molecule has 3 aromatic heterocycles. The third kappa shape index (κ3) is 3.52. The number of allylic oxidation sites excluding steroid dienone is 1. The van der Waals surface area contributed by atoms with Crippen LogP contribution in [0.3, 0.4) is 0 Å². The van der Waals surface area contributed by atoms with Crippen LogP contribution in [-0.4, -0.2) is 25.5 Å². The van der Waals surface area contributed by atoms with E-state index >= 15 is 0 Å². The summed E-state index contributed by atoms with van der Waals surface area (Å²) in [6, 6.07) is 9.95. The fraction of sp³-hybridized carbons (Fsp3) is 0.217. The van der Waals surface area contributed by atoms with Gasteiger partial charge in [0.25, 0.3) is 0 Å². The van der Waals surface area contributed by atoms with E-state index in [1.807, 2.05) is 48.9 Å².